The van der Waals surface area contributed by atoms with E-state index in [2.05, 4.69) is 15.3 Å². The van der Waals surface area contributed by atoms with Crippen LogP contribution in [0.4, 0.5) is 15.9 Å². The zero-order valence-corrected chi connectivity index (χ0v) is 12.8. The van der Waals surface area contributed by atoms with Gasteiger partial charge in [-0.05, 0) is 24.1 Å². The lowest BCUT2D eigenvalue weighted by Crippen LogP contribution is -2.02. The van der Waals surface area contributed by atoms with Crippen molar-refractivity contribution < 1.29 is 12.8 Å². The molecule has 1 heterocycles. The van der Waals surface area contributed by atoms with Gasteiger partial charge in [0.2, 0.25) is 0 Å². The van der Waals surface area contributed by atoms with Gasteiger partial charge < -0.3 is 5.32 Å². The molecule has 1 aromatic heterocycles. The van der Waals surface area contributed by atoms with Gasteiger partial charge in [-0.1, -0.05) is 13.8 Å². The normalized spacial score (nSPS) is 11.7. The zero-order chi connectivity index (χ0) is 15.6. The van der Waals surface area contributed by atoms with E-state index in [-0.39, 0.29) is 16.5 Å². The number of nitrogens with zero attached hydrogens (tertiary/aromatic N) is 2. The number of anilines is 2. The van der Waals surface area contributed by atoms with Crippen LogP contribution in [0.1, 0.15) is 25.5 Å². The summed E-state index contributed by atoms with van der Waals surface area (Å²) in [6.45, 7) is 3.99. The van der Waals surface area contributed by atoms with Crippen LogP contribution in [-0.2, 0) is 9.84 Å². The highest BCUT2D eigenvalue weighted by molar-refractivity contribution is 7.90. The third-order valence-corrected chi connectivity index (χ3v) is 4.02. The van der Waals surface area contributed by atoms with Crippen molar-refractivity contribution in [2.75, 3.05) is 11.6 Å². The first-order valence-electron chi connectivity index (χ1n) is 6.36. The van der Waals surface area contributed by atoms with E-state index in [1.807, 2.05) is 13.8 Å². The van der Waals surface area contributed by atoms with E-state index in [0.29, 0.717) is 5.82 Å². The lowest BCUT2D eigenvalue weighted by atomic mass is 10.1. The molecule has 2 rings (SSSR count). The molecule has 0 saturated heterocycles. The van der Waals surface area contributed by atoms with Crippen molar-refractivity contribution in [3.63, 3.8) is 0 Å². The molecule has 112 valence electrons. The molecule has 0 bridgehead atoms. The van der Waals surface area contributed by atoms with E-state index >= 15 is 0 Å². The zero-order valence-electron chi connectivity index (χ0n) is 12.0. The number of rotatable bonds is 4. The van der Waals surface area contributed by atoms with Crippen LogP contribution in [0, 0.1) is 5.82 Å². The highest BCUT2D eigenvalue weighted by Crippen LogP contribution is 2.23. The van der Waals surface area contributed by atoms with Crippen LogP contribution in [0.2, 0.25) is 0 Å². The Morgan fingerprint density at radius 3 is 2.48 bits per heavy atom. The van der Waals surface area contributed by atoms with Gasteiger partial charge in [0.1, 0.15) is 18.0 Å². The van der Waals surface area contributed by atoms with Gasteiger partial charge in [-0.15, -0.1) is 0 Å². The van der Waals surface area contributed by atoms with Crippen LogP contribution in [0.15, 0.2) is 35.5 Å². The van der Waals surface area contributed by atoms with Crippen LogP contribution >= 0.6 is 0 Å². The van der Waals surface area contributed by atoms with Crippen molar-refractivity contribution in [2.24, 2.45) is 0 Å². The Bertz CT molecular complexity index is 761. The van der Waals surface area contributed by atoms with Crippen molar-refractivity contribution in [3.05, 3.63) is 42.1 Å². The van der Waals surface area contributed by atoms with E-state index in [0.717, 1.165) is 18.0 Å². The number of nitrogens with one attached hydrogen (secondary N) is 1. The Kier molecular flexibility index (Phi) is 4.22. The average molecular weight is 309 g/mol. The quantitative estimate of drug-likeness (QED) is 0.940. The number of hydrogen-bond donors (Lipinski definition) is 1. The van der Waals surface area contributed by atoms with E-state index in [4.69, 9.17) is 0 Å². The van der Waals surface area contributed by atoms with Crippen LogP contribution in [0.25, 0.3) is 0 Å². The van der Waals surface area contributed by atoms with E-state index in [9.17, 15) is 12.8 Å². The molecule has 0 unspecified atom stereocenters. The summed E-state index contributed by atoms with van der Waals surface area (Å²) < 4.78 is 36.7. The molecule has 5 nitrogen and oxygen atoms in total. The predicted octanol–water partition coefficient (Wildman–Crippen LogP) is 2.89. The second-order valence-electron chi connectivity index (χ2n) is 5.02. The minimum Gasteiger partial charge on any atom is -0.338 e. The lowest BCUT2D eigenvalue weighted by Gasteiger charge is -2.10. The van der Waals surface area contributed by atoms with Gasteiger partial charge in [-0.25, -0.2) is 22.8 Å². The Labute approximate surface area is 123 Å². The molecule has 0 saturated carbocycles. The summed E-state index contributed by atoms with van der Waals surface area (Å²) in [5, 5.41) is 2.83. The molecule has 21 heavy (non-hydrogen) atoms. The molecule has 1 aromatic carbocycles. The highest BCUT2D eigenvalue weighted by Gasteiger charge is 2.12. The average Bonchev–Trinajstić information content (AvgIpc) is 2.40. The number of halogens is 1. The second-order valence-corrected chi connectivity index (χ2v) is 7.04. The van der Waals surface area contributed by atoms with Crippen LogP contribution in [0.5, 0.6) is 0 Å². The molecule has 2 aromatic rings. The first kappa shape index (κ1) is 15.4. The fraction of sp³-hybridized carbons (Fsp3) is 0.286. The Morgan fingerprint density at radius 2 is 1.90 bits per heavy atom. The summed E-state index contributed by atoms with van der Waals surface area (Å²) in [6.07, 6.45) is 2.44. The van der Waals surface area contributed by atoms with Crippen LogP contribution in [0.3, 0.4) is 0 Å². The first-order chi connectivity index (χ1) is 9.77. The minimum absolute atomic E-state index is 0.0592. The van der Waals surface area contributed by atoms with Gasteiger partial charge in [0.05, 0.1) is 10.6 Å². The maximum Gasteiger partial charge on any atom is 0.175 e. The molecule has 0 aliphatic carbocycles. The number of aromatic nitrogens is 2. The fourth-order valence-corrected chi connectivity index (χ4v) is 2.36. The molecule has 0 aliphatic rings. The molecular weight excluding hydrogens is 293 g/mol. The standard InChI is InChI=1S/C14H16FN3O2S/c1-9(2)13-7-14(17-8-16-13)18-12-5-4-10(6-11(12)15)21(3,19)20/h4-9H,1-3H3,(H,16,17,18). The summed E-state index contributed by atoms with van der Waals surface area (Å²) in [5.74, 6) is 0.0355. The molecule has 0 radical (unpaired) electrons. The molecule has 0 aliphatic heterocycles. The smallest absolute Gasteiger partial charge is 0.175 e. The Morgan fingerprint density at radius 1 is 1.19 bits per heavy atom. The van der Waals surface area contributed by atoms with Gasteiger partial charge >= 0.3 is 0 Å². The van der Waals surface area contributed by atoms with Crippen LogP contribution < -0.4 is 5.32 Å². The maximum atomic E-state index is 14.0. The molecule has 0 atom stereocenters. The number of hydrogen-bond acceptors (Lipinski definition) is 5. The maximum absolute atomic E-state index is 14.0. The predicted molar refractivity (Wildman–Crippen MR) is 78.9 cm³/mol. The van der Waals surface area contributed by atoms with Crippen molar-refractivity contribution in [3.8, 4) is 0 Å². The molecule has 0 spiro atoms. The molecule has 1 N–H and O–H groups in total. The summed E-state index contributed by atoms with van der Waals surface area (Å²) in [7, 11) is -3.43. The van der Waals surface area contributed by atoms with E-state index in [1.165, 1.54) is 18.5 Å². The largest absolute Gasteiger partial charge is 0.338 e. The molecule has 7 heteroatoms. The first-order valence-corrected chi connectivity index (χ1v) is 8.25. The van der Waals surface area contributed by atoms with Crippen molar-refractivity contribution in [2.45, 2.75) is 24.7 Å². The Hall–Kier alpha value is -2.02. The van der Waals surface area contributed by atoms with Crippen molar-refractivity contribution >= 4 is 21.3 Å². The monoisotopic (exact) mass is 309 g/mol. The summed E-state index contributed by atoms with van der Waals surface area (Å²) >= 11 is 0. The van der Waals surface area contributed by atoms with Crippen molar-refractivity contribution in [1.82, 2.24) is 9.97 Å². The van der Waals surface area contributed by atoms with Gasteiger partial charge in [-0.3, -0.25) is 0 Å². The summed E-state index contributed by atoms with van der Waals surface area (Å²) in [5.41, 5.74) is 0.997. The van der Waals surface area contributed by atoms with Gasteiger partial charge in [0.15, 0.2) is 9.84 Å². The minimum atomic E-state index is -3.43. The third kappa shape index (κ3) is 3.75. The van der Waals surface area contributed by atoms with Crippen LogP contribution in [-0.4, -0.2) is 24.6 Å². The van der Waals surface area contributed by atoms with Gasteiger partial charge in [0.25, 0.3) is 0 Å². The lowest BCUT2D eigenvalue weighted by molar-refractivity contribution is 0.596. The van der Waals surface area contributed by atoms with Gasteiger partial charge in [0, 0.05) is 18.0 Å². The molecule has 0 fully saturated rings. The fourth-order valence-electron chi connectivity index (χ4n) is 1.72. The second kappa shape index (κ2) is 5.77. The summed E-state index contributed by atoms with van der Waals surface area (Å²) in [4.78, 5) is 8.09. The highest BCUT2D eigenvalue weighted by atomic mass is 32.2. The Balaban J connectivity index is 2.30. The molecular formula is C14H16FN3O2S. The van der Waals surface area contributed by atoms with Gasteiger partial charge in [-0.2, -0.15) is 0 Å². The SMILES string of the molecule is CC(C)c1cc(Nc2ccc(S(C)(=O)=O)cc2F)ncn1. The van der Waals surface area contributed by atoms with E-state index < -0.39 is 15.7 Å². The number of sulfone groups is 1. The number of benzene rings is 1. The molecule has 0 amide bonds. The summed E-state index contributed by atoms with van der Waals surface area (Å²) in [6, 6.07) is 5.45. The van der Waals surface area contributed by atoms with E-state index in [1.54, 1.807) is 6.07 Å². The topological polar surface area (TPSA) is 72.0 Å². The van der Waals surface area contributed by atoms with Crippen molar-refractivity contribution in [1.29, 1.82) is 0 Å². The third-order valence-electron chi connectivity index (χ3n) is 2.91.